The number of nitrogens with zero attached hydrogens (tertiary/aromatic N) is 2. The third-order valence-electron chi connectivity index (χ3n) is 2.64. The maximum atomic E-state index is 11.9. The fourth-order valence-electron chi connectivity index (χ4n) is 1.71. The fraction of sp³-hybridized carbons (Fsp3) is 0.750. The quantitative estimate of drug-likeness (QED) is 0.799. The molecule has 1 rings (SSSR count). The Kier molecular flexibility index (Phi) is 4.80. The normalized spacial score (nSPS) is 13.3. The molecule has 1 unspecified atom stereocenters. The van der Waals surface area contributed by atoms with Crippen LogP contribution in [0.2, 0.25) is 0 Å². The summed E-state index contributed by atoms with van der Waals surface area (Å²) in [6.07, 6.45) is 4.85. The van der Waals surface area contributed by atoms with Crippen LogP contribution in [0.25, 0.3) is 0 Å². The van der Waals surface area contributed by atoms with Gasteiger partial charge in [0, 0.05) is 31.0 Å². The number of hydrogen-bond donors (Lipinski definition) is 1. The highest BCUT2D eigenvalue weighted by atomic mass is 16.1. The van der Waals surface area contributed by atoms with Gasteiger partial charge in [0.15, 0.2) is 0 Å². The molecule has 1 heterocycles. The molecule has 16 heavy (non-hydrogen) atoms. The van der Waals surface area contributed by atoms with Gasteiger partial charge in [-0.25, -0.2) is 4.79 Å². The Balaban J connectivity index is 2.64. The van der Waals surface area contributed by atoms with Gasteiger partial charge in [-0.05, 0) is 33.7 Å². The molecule has 0 aliphatic carbocycles. The van der Waals surface area contributed by atoms with E-state index in [4.69, 9.17) is 0 Å². The van der Waals surface area contributed by atoms with Crippen LogP contribution >= 0.6 is 0 Å². The van der Waals surface area contributed by atoms with Crippen molar-refractivity contribution in [1.29, 1.82) is 0 Å². The molecule has 0 bridgehead atoms. The highest BCUT2D eigenvalue weighted by Crippen LogP contribution is 1.99. The number of rotatable bonds is 6. The van der Waals surface area contributed by atoms with Gasteiger partial charge in [0.1, 0.15) is 0 Å². The van der Waals surface area contributed by atoms with Gasteiger partial charge in [0.2, 0.25) is 0 Å². The van der Waals surface area contributed by atoms with Crippen molar-refractivity contribution in [1.82, 2.24) is 14.5 Å². The minimum atomic E-state index is 0.0835. The van der Waals surface area contributed by atoms with Crippen molar-refractivity contribution in [3.8, 4) is 0 Å². The van der Waals surface area contributed by atoms with Gasteiger partial charge in [-0.2, -0.15) is 0 Å². The average Bonchev–Trinajstić information content (AvgIpc) is 2.57. The van der Waals surface area contributed by atoms with Crippen molar-refractivity contribution < 1.29 is 0 Å². The minimum Gasteiger partial charge on any atom is -0.312 e. The second-order valence-corrected chi connectivity index (χ2v) is 4.59. The third kappa shape index (κ3) is 3.23. The lowest BCUT2D eigenvalue weighted by molar-refractivity contribution is 0.459. The Hall–Kier alpha value is -1.03. The summed E-state index contributed by atoms with van der Waals surface area (Å²) >= 11 is 0. The van der Waals surface area contributed by atoms with E-state index in [0.29, 0.717) is 6.04 Å². The monoisotopic (exact) mass is 225 g/mol. The Morgan fingerprint density at radius 1 is 1.31 bits per heavy atom. The molecule has 0 radical (unpaired) electrons. The molecule has 4 heteroatoms. The lowest BCUT2D eigenvalue weighted by Crippen LogP contribution is -2.35. The number of aromatic nitrogens is 2. The zero-order valence-electron chi connectivity index (χ0n) is 10.7. The predicted octanol–water partition coefficient (Wildman–Crippen LogP) is 1.62. The van der Waals surface area contributed by atoms with E-state index < -0.39 is 0 Å². The number of imidazole rings is 1. The van der Waals surface area contributed by atoms with Gasteiger partial charge >= 0.3 is 5.69 Å². The molecule has 0 saturated heterocycles. The Morgan fingerprint density at radius 2 is 2.00 bits per heavy atom. The molecule has 1 atom stereocenters. The maximum Gasteiger partial charge on any atom is 0.328 e. The zero-order valence-corrected chi connectivity index (χ0v) is 10.7. The molecule has 0 saturated carbocycles. The molecule has 0 aromatic carbocycles. The van der Waals surface area contributed by atoms with Gasteiger partial charge in [0.05, 0.1) is 0 Å². The summed E-state index contributed by atoms with van der Waals surface area (Å²) in [6.45, 7) is 10.0. The second-order valence-electron chi connectivity index (χ2n) is 4.59. The molecule has 0 amide bonds. The molecular formula is C12H23N3O. The van der Waals surface area contributed by atoms with Gasteiger partial charge in [-0.3, -0.25) is 9.13 Å². The molecule has 0 fully saturated rings. The average molecular weight is 225 g/mol. The standard InChI is InChI=1S/C12H23N3O/c1-5-6-13-11(4)9-14-7-8-15(10(2)3)12(14)16/h7-8,10-11,13H,5-6,9H2,1-4H3. The first-order valence-corrected chi connectivity index (χ1v) is 6.07. The van der Waals surface area contributed by atoms with Crippen LogP contribution in [0.5, 0.6) is 0 Å². The Morgan fingerprint density at radius 3 is 2.50 bits per heavy atom. The minimum absolute atomic E-state index is 0.0835. The highest BCUT2D eigenvalue weighted by molar-refractivity contribution is 4.84. The molecule has 1 aromatic rings. The van der Waals surface area contributed by atoms with Crippen LogP contribution in [0, 0.1) is 0 Å². The van der Waals surface area contributed by atoms with Crippen LogP contribution in [0.1, 0.15) is 40.2 Å². The van der Waals surface area contributed by atoms with Crippen LogP contribution in [-0.2, 0) is 6.54 Å². The molecule has 0 aliphatic rings. The van der Waals surface area contributed by atoms with Gasteiger partial charge < -0.3 is 5.32 Å². The summed E-state index contributed by atoms with van der Waals surface area (Å²) in [5.74, 6) is 0. The predicted molar refractivity (Wildman–Crippen MR) is 66.8 cm³/mol. The summed E-state index contributed by atoms with van der Waals surface area (Å²) in [5.41, 5.74) is 0.0835. The largest absolute Gasteiger partial charge is 0.328 e. The van der Waals surface area contributed by atoms with Crippen molar-refractivity contribution in [2.75, 3.05) is 6.54 Å². The van der Waals surface area contributed by atoms with Gasteiger partial charge in [-0.1, -0.05) is 6.92 Å². The van der Waals surface area contributed by atoms with Crippen molar-refractivity contribution in [2.45, 2.75) is 52.7 Å². The third-order valence-corrected chi connectivity index (χ3v) is 2.64. The van der Waals surface area contributed by atoms with E-state index in [1.54, 1.807) is 9.13 Å². The topological polar surface area (TPSA) is 39.0 Å². The first-order chi connectivity index (χ1) is 7.56. The lowest BCUT2D eigenvalue weighted by atomic mass is 10.3. The van der Waals surface area contributed by atoms with Crippen LogP contribution in [0.3, 0.4) is 0 Å². The van der Waals surface area contributed by atoms with Crippen molar-refractivity contribution in [3.05, 3.63) is 22.9 Å². The van der Waals surface area contributed by atoms with Crippen LogP contribution in [0.4, 0.5) is 0 Å². The van der Waals surface area contributed by atoms with E-state index in [-0.39, 0.29) is 11.7 Å². The summed E-state index contributed by atoms with van der Waals surface area (Å²) in [6, 6.07) is 0.563. The molecule has 92 valence electrons. The van der Waals surface area contributed by atoms with E-state index in [0.717, 1.165) is 19.5 Å². The molecule has 0 aliphatic heterocycles. The van der Waals surface area contributed by atoms with Gasteiger partial charge in [0.25, 0.3) is 0 Å². The summed E-state index contributed by atoms with van der Waals surface area (Å²) < 4.78 is 3.53. The number of hydrogen-bond acceptors (Lipinski definition) is 2. The van der Waals surface area contributed by atoms with Crippen molar-refractivity contribution in [2.24, 2.45) is 0 Å². The summed E-state index contributed by atoms with van der Waals surface area (Å²) in [7, 11) is 0. The second kappa shape index (κ2) is 5.89. The van der Waals surface area contributed by atoms with E-state index >= 15 is 0 Å². The van der Waals surface area contributed by atoms with Gasteiger partial charge in [-0.15, -0.1) is 0 Å². The van der Waals surface area contributed by atoms with Crippen LogP contribution in [0.15, 0.2) is 17.2 Å². The first kappa shape index (κ1) is 13.0. The van der Waals surface area contributed by atoms with E-state index in [1.807, 2.05) is 26.2 Å². The van der Waals surface area contributed by atoms with E-state index in [1.165, 1.54) is 0 Å². The Labute approximate surface area is 97.3 Å². The van der Waals surface area contributed by atoms with E-state index in [2.05, 4.69) is 19.2 Å². The number of nitrogens with one attached hydrogen (secondary N) is 1. The zero-order chi connectivity index (χ0) is 12.1. The van der Waals surface area contributed by atoms with Crippen LogP contribution in [-0.4, -0.2) is 21.7 Å². The van der Waals surface area contributed by atoms with E-state index in [9.17, 15) is 4.79 Å². The SMILES string of the molecule is CCCNC(C)Cn1ccn(C(C)C)c1=O. The smallest absolute Gasteiger partial charge is 0.312 e. The molecule has 4 nitrogen and oxygen atoms in total. The lowest BCUT2D eigenvalue weighted by Gasteiger charge is -2.13. The molecule has 1 aromatic heterocycles. The molecule has 1 N–H and O–H groups in total. The molecular weight excluding hydrogens is 202 g/mol. The molecule has 0 spiro atoms. The van der Waals surface area contributed by atoms with Crippen LogP contribution < -0.4 is 11.0 Å². The highest BCUT2D eigenvalue weighted by Gasteiger charge is 2.08. The summed E-state index contributed by atoms with van der Waals surface area (Å²) in [4.78, 5) is 11.9. The van der Waals surface area contributed by atoms with Crippen molar-refractivity contribution >= 4 is 0 Å². The maximum absolute atomic E-state index is 11.9. The van der Waals surface area contributed by atoms with Crippen molar-refractivity contribution in [3.63, 3.8) is 0 Å². The fourth-order valence-corrected chi connectivity index (χ4v) is 1.71. The summed E-state index contributed by atoms with van der Waals surface area (Å²) in [5, 5.41) is 3.38. The Bertz CT molecular complexity index is 365. The first-order valence-electron chi connectivity index (χ1n) is 6.07.